The van der Waals surface area contributed by atoms with Crippen molar-refractivity contribution in [3.05, 3.63) is 140 Å². The van der Waals surface area contributed by atoms with Crippen LogP contribution in [0.2, 0.25) is 0 Å². The third-order valence-corrected chi connectivity index (χ3v) is 36.3. The number of fused-ring (bicyclic) bond motifs is 1. The van der Waals surface area contributed by atoms with Gasteiger partial charge in [0, 0.05) is 10.3 Å². The highest BCUT2D eigenvalue weighted by Gasteiger charge is 2.90. The van der Waals surface area contributed by atoms with Gasteiger partial charge in [0.25, 0.3) is 0 Å². The summed E-state index contributed by atoms with van der Waals surface area (Å²) in [6.07, 6.45) is 13.5. The molecule has 34 rings (SSSR count). The molecule has 0 nitrogen and oxygen atoms in total. The monoisotopic (exact) mass is 1070 g/mol. The predicted molar refractivity (Wildman–Crippen MR) is 331 cm³/mol. The molecular weight excluding hydrogens is 1020 g/mol. The van der Waals surface area contributed by atoms with Gasteiger partial charge in [0.15, 0.2) is 0 Å². The van der Waals surface area contributed by atoms with Crippen molar-refractivity contribution < 1.29 is 0 Å². The Balaban J connectivity index is 0.890. The zero-order valence-corrected chi connectivity index (χ0v) is 48.2. The Bertz CT molecular complexity index is 5800. The SMILES string of the molecule is CCCCC(CC)Cc1ccc2c(c1CC(CC)CCCC)C13c4c5c6c7c8c9c%10c%11c%12c%13c%14c%15c(c%16c%13c%10c7c4-%16)C1(S2)C1C%15C2c4c7c%10c%13c%15c%16c%17c%18c%19c%20c%21c%22c%23c(c4c4c%22c%19c%16c%104)C2C%14C%12C%23C%21C%11C9C%20C%18C8C6C%17C%15C5C3C%13C71. The zero-order valence-electron chi connectivity index (χ0n) is 47.3. The molecule has 0 aromatic heterocycles. The van der Waals surface area contributed by atoms with Crippen LogP contribution in [0.3, 0.4) is 0 Å². The molecule has 390 valence electrons. The van der Waals surface area contributed by atoms with Gasteiger partial charge in [-0.15, -0.1) is 11.8 Å². The second-order valence-electron chi connectivity index (χ2n) is 34.4. The van der Waals surface area contributed by atoms with Crippen LogP contribution < -0.4 is 0 Å². The first kappa shape index (κ1) is 37.9. The number of benzene rings is 10. The maximum atomic E-state index is 2.92. The fourth-order valence-corrected chi connectivity index (χ4v) is 37.1. The minimum Gasteiger partial charge on any atom is -0.112 e. The summed E-state index contributed by atoms with van der Waals surface area (Å²) in [7, 11) is 0. The van der Waals surface area contributed by atoms with Crippen molar-refractivity contribution in [2.24, 2.45) is 23.7 Å². The van der Waals surface area contributed by atoms with Crippen LogP contribution >= 0.6 is 11.8 Å². The average Bonchev–Trinajstić information content (AvgIpc) is 1.42. The lowest BCUT2D eigenvalue weighted by atomic mass is 9.39. The van der Waals surface area contributed by atoms with Crippen LogP contribution in [0.5, 0.6) is 0 Å². The van der Waals surface area contributed by atoms with Crippen LogP contribution in [0, 0.1) is 23.7 Å². The fourth-order valence-electron chi connectivity index (χ4n) is 34.9. The minimum absolute atomic E-state index is 0.0000663. The molecule has 0 bridgehead atoms. The Morgan fingerprint density at radius 3 is 1.12 bits per heavy atom. The van der Waals surface area contributed by atoms with E-state index in [2.05, 4.69) is 118 Å². The first-order valence-corrected chi connectivity index (χ1v) is 36.1. The lowest BCUT2D eigenvalue weighted by Crippen LogP contribution is -2.62. The fraction of sp³-hybridized carbons (Fsp3) is 0.463. The lowest BCUT2D eigenvalue weighted by Gasteiger charge is -2.65. The van der Waals surface area contributed by atoms with Gasteiger partial charge in [-0.05, 0) is 374 Å². The predicted octanol–water partition coefficient (Wildman–Crippen LogP) is 20.0. The summed E-state index contributed by atoms with van der Waals surface area (Å²) in [6.45, 7) is 10.1. The molecule has 23 aliphatic rings. The molecule has 0 radical (unpaired) electrons. The molecule has 2 spiro atoms. The Kier molecular flexibility index (Phi) is 4.47. The third-order valence-electron chi connectivity index (χ3n) is 34.6. The van der Waals surface area contributed by atoms with Crippen molar-refractivity contribution >= 4 is 97.9 Å². The second-order valence-corrected chi connectivity index (χ2v) is 35.7. The maximum absolute atomic E-state index is 2.92. The number of thioether (sulfide) groups is 1. The molecule has 22 aliphatic carbocycles. The van der Waals surface area contributed by atoms with Crippen LogP contribution in [0.1, 0.15) is 314 Å². The van der Waals surface area contributed by atoms with Crippen LogP contribution in [0.25, 0.3) is 97.3 Å². The van der Waals surface area contributed by atoms with Crippen LogP contribution in [0.15, 0.2) is 17.0 Å². The van der Waals surface area contributed by atoms with Gasteiger partial charge < -0.3 is 0 Å². The first-order chi connectivity index (χ1) is 41.2. The van der Waals surface area contributed by atoms with Gasteiger partial charge in [0.05, 0.1) is 4.75 Å². The second kappa shape index (κ2) is 9.79. The molecule has 1 heterocycles. The van der Waals surface area contributed by atoms with E-state index in [4.69, 9.17) is 0 Å². The number of unbranched alkanes of at least 4 members (excludes halogenated alkanes) is 2. The molecule has 1 saturated carbocycles. The number of rotatable bonds is 12. The quantitative estimate of drug-likeness (QED) is 0.110. The molecule has 1 heteroatoms. The smallest absolute Gasteiger partial charge is 0.0645 e. The van der Waals surface area contributed by atoms with Crippen molar-refractivity contribution in [2.75, 3.05) is 0 Å². The van der Waals surface area contributed by atoms with Gasteiger partial charge in [-0.25, -0.2) is 0 Å². The summed E-state index contributed by atoms with van der Waals surface area (Å²) in [6, 6.07) is 5.78. The van der Waals surface area contributed by atoms with Crippen molar-refractivity contribution in [1.29, 1.82) is 0 Å². The summed E-state index contributed by atoms with van der Waals surface area (Å²) in [5, 5.41) is 31.1. The van der Waals surface area contributed by atoms with Crippen molar-refractivity contribution in [3.63, 3.8) is 0 Å². The van der Waals surface area contributed by atoms with E-state index in [1.54, 1.807) is 0 Å². The van der Waals surface area contributed by atoms with Crippen LogP contribution in [0.4, 0.5) is 0 Å². The molecule has 24 atom stereocenters. The van der Waals surface area contributed by atoms with E-state index in [9.17, 15) is 0 Å². The van der Waals surface area contributed by atoms with Gasteiger partial charge in [-0.2, -0.15) is 0 Å². The molecule has 1 aliphatic heterocycles. The highest BCUT2D eigenvalue weighted by molar-refractivity contribution is 8.00. The molecule has 11 aromatic carbocycles. The van der Waals surface area contributed by atoms with Crippen molar-refractivity contribution in [2.45, 2.75) is 213 Å². The van der Waals surface area contributed by atoms with Crippen LogP contribution in [-0.4, -0.2) is 0 Å². The maximum Gasteiger partial charge on any atom is 0.0645 e. The standard InChI is InChI=1S/C82H56S/c1-5-9-11-17(7-3)15-19-13-14-21-76(20(19)16-18(8-4)12-10-6-2)81-77-68-60-50-40-32-24-22-23-26-30-28(24)36-44-38(30)48-42-34(26)35-27(23)31-29-25(22)33(32)41-47-37(29)45-39(31)49-43(35)53-52(42)64-58(48)66-56(44)62(54(60)46(36)40)70(77)72(66)79-74(64)75-65(53)59(49)67-57(45)63-55(47)61(51(41)50)69(68)78(81)71(63)73(67)80(75)82(79,81)83-21/h13-14,17-18,24,26,28,30,32,34,40,42,50-53,61,65,69,71,73,75,78,80H,5-12,15-16H2,1-4H3. The minimum atomic E-state index is 0.0000663. The molecule has 11 aromatic rings. The molecule has 0 saturated heterocycles. The topological polar surface area (TPSA) is 0 Å². The Hall–Kier alpha value is -5.37. The highest BCUT2D eigenvalue weighted by Crippen LogP contribution is 3.01. The van der Waals surface area contributed by atoms with E-state index in [0.29, 0.717) is 118 Å². The van der Waals surface area contributed by atoms with E-state index in [1.165, 1.54) is 64.2 Å². The zero-order chi connectivity index (χ0) is 51.1. The van der Waals surface area contributed by atoms with Gasteiger partial charge in [-0.1, -0.05) is 85.1 Å². The average molecular weight is 1070 g/mol. The first-order valence-electron chi connectivity index (χ1n) is 35.2. The van der Waals surface area contributed by atoms with Gasteiger partial charge in [-0.3, -0.25) is 0 Å². The molecule has 24 unspecified atom stereocenters. The highest BCUT2D eigenvalue weighted by atomic mass is 32.2. The van der Waals surface area contributed by atoms with Crippen molar-refractivity contribution in [3.8, 4) is 11.1 Å². The van der Waals surface area contributed by atoms with Crippen molar-refractivity contribution in [1.82, 2.24) is 0 Å². The largest absolute Gasteiger partial charge is 0.112 e. The summed E-state index contributed by atoms with van der Waals surface area (Å²) in [4.78, 5) is 1.82. The van der Waals surface area contributed by atoms with E-state index in [0.717, 1.165) is 11.8 Å². The molecule has 0 amide bonds. The summed E-state index contributed by atoms with van der Waals surface area (Å²) in [5.74, 6) is 14.7. The summed E-state index contributed by atoms with van der Waals surface area (Å²) in [5.41, 5.74) is 51.0. The molecular formula is C82H56S. The third kappa shape index (κ3) is 2.47. The van der Waals surface area contributed by atoms with E-state index >= 15 is 0 Å². The van der Waals surface area contributed by atoms with Gasteiger partial charge in [0.2, 0.25) is 0 Å². The Labute approximate surface area is 483 Å². The van der Waals surface area contributed by atoms with Gasteiger partial charge in [0.1, 0.15) is 0 Å². The Morgan fingerprint density at radius 2 is 0.675 bits per heavy atom. The van der Waals surface area contributed by atoms with E-state index in [1.807, 2.05) is 163 Å². The normalized spacial score (nSPS) is 43.1. The molecule has 0 N–H and O–H groups in total. The van der Waals surface area contributed by atoms with E-state index < -0.39 is 0 Å². The molecule has 83 heavy (non-hydrogen) atoms. The van der Waals surface area contributed by atoms with Gasteiger partial charge >= 0.3 is 0 Å². The lowest BCUT2D eigenvalue weighted by molar-refractivity contribution is 0.0336. The van der Waals surface area contributed by atoms with Crippen LogP contribution in [-0.2, 0) is 23.0 Å². The number of hydrogen-bond donors (Lipinski definition) is 0. The molecule has 1 fully saturated rings. The summed E-state index contributed by atoms with van der Waals surface area (Å²) < 4.78 is 0.0355. The number of hydrogen-bond acceptors (Lipinski definition) is 1. The summed E-state index contributed by atoms with van der Waals surface area (Å²) >= 11 is 2.67. The van der Waals surface area contributed by atoms with E-state index in [-0.39, 0.29) is 10.2 Å². The Morgan fingerprint density at radius 1 is 0.337 bits per heavy atom.